The molecule has 0 amide bonds. The molecule has 0 spiro atoms. The maximum Gasteiger partial charge on any atom is 0.347 e. The summed E-state index contributed by atoms with van der Waals surface area (Å²) in [5.74, 6) is -0.763. The zero-order chi connectivity index (χ0) is 19.2. The Hall–Kier alpha value is -2.71. The quantitative estimate of drug-likeness (QED) is 0.414. The molecule has 0 heterocycles. The molecule has 0 N–H and O–H groups in total. The van der Waals surface area contributed by atoms with E-state index >= 15 is 0 Å². The normalized spacial score (nSPS) is 11.0. The average Bonchev–Trinajstić information content (AvgIpc) is 2.55. The lowest BCUT2D eigenvalue weighted by molar-refractivity contribution is -0.131. The van der Waals surface area contributed by atoms with Gasteiger partial charge in [0.15, 0.2) is 0 Å². The van der Waals surface area contributed by atoms with Crippen LogP contribution in [0.3, 0.4) is 0 Å². The second-order valence-corrected chi connectivity index (χ2v) is 7.04. The first-order valence-electron chi connectivity index (χ1n) is 7.67. The Balaban J connectivity index is 2.01. The van der Waals surface area contributed by atoms with E-state index in [1.54, 1.807) is 36.4 Å². The van der Waals surface area contributed by atoms with Crippen molar-refractivity contribution in [3.63, 3.8) is 0 Å². The Labute approximate surface area is 151 Å². The lowest BCUT2D eigenvalue weighted by Gasteiger charge is -2.09. The molecular weight excluding hydrogens is 360 g/mol. The van der Waals surface area contributed by atoms with E-state index in [0.29, 0.717) is 12.2 Å². The Bertz CT molecular complexity index is 886. The molecule has 0 saturated heterocycles. The van der Waals surface area contributed by atoms with Crippen molar-refractivity contribution in [2.45, 2.75) is 13.3 Å². The van der Waals surface area contributed by atoms with E-state index < -0.39 is 22.1 Å². The SMILES string of the molecule is CC(=O)Oc1ccccc1C(=O)Oc1ccc(CCOS(C)(=O)=O)cc1. The molecule has 26 heavy (non-hydrogen) atoms. The summed E-state index contributed by atoms with van der Waals surface area (Å²) in [5, 5.41) is 0. The molecule has 0 aromatic heterocycles. The van der Waals surface area contributed by atoms with Gasteiger partial charge in [0.25, 0.3) is 10.1 Å². The molecule has 8 heteroatoms. The van der Waals surface area contributed by atoms with Crippen molar-refractivity contribution in [3.8, 4) is 11.5 Å². The van der Waals surface area contributed by atoms with Crippen LogP contribution in [0.25, 0.3) is 0 Å². The smallest absolute Gasteiger partial charge is 0.347 e. The number of carbonyl (C=O) groups excluding carboxylic acids is 2. The number of rotatable bonds is 7. The summed E-state index contributed by atoms with van der Waals surface area (Å²) < 4.78 is 36.8. The molecule has 0 saturated carbocycles. The molecule has 138 valence electrons. The van der Waals surface area contributed by atoms with E-state index in [-0.39, 0.29) is 17.9 Å². The van der Waals surface area contributed by atoms with E-state index in [4.69, 9.17) is 9.47 Å². The van der Waals surface area contributed by atoms with E-state index in [1.165, 1.54) is 19.1 Å². The maximum absolute atomic E-state index is 12.3. The van der Waals surface area contributed by atoms with Crippen molar-refractivity contribution >= 4 is 22.1 Å². The van der Waals surface area contributed by atoms with Gasteiger partial charge in [0.05, 0.1) is 12.9 Å². The topological polar surface area (TPSA) is 96.0 Å². The summed E-state index contributed by atoms with van der Waals surface area (Å²) in [7, 11) is -3.47. The fourth-order valence-corrected chi connectivity index (χ4v) is 2.46. The van der Waals surface area contributed by atoms with Crippen molar-refractivity contribution in [3.05, 3.63) is 59.7 Å². The summed E-state index contributed by atoms with van der Waals surface area (Å²) in [6.45, 7) is 1.28. The van der Waals surface area contributed by atoms with Crippen molar-refractivity contribution in [2.75, 3.05) is 12.9 Å². The van der Waals surface area contributed by atoms with Crippen LogP contribution in [-0.4, -0.2) is 33.2 Å². The molecule has 2 aromatic carbocycles. The first-order chi connectivity index (χ1) is 12.2. The molecule has 0 atom stereocenters. The van der Waals surface area contributed by atoms with Gasteiger partial charge in [-0.05, 0) is 36.2 Å². The lowest BCUT2D eigenvalue weighted by atomic mass is 10.1. The van der Waals surface area contributed by atoms with E-state index in [0.717, 1.165) is 11.8 Å². The highest BCUT2D eigenvalue weighted by atomic mass is 32.2. The zero-order valence-corrected chi connectivity index (χ0v) is 15.1. The monoisotopic (exact) mass is 378 g/mol. The van der Waals surface area contributed by atoms with Crippen LogP contribution in [0.1, 0.15) is 22.8 Å². The molecule has 0 unspecified atom stereocenters. The highest BCUT2D eigenvalue weighted by Crippen LogP contribution is 2.21. The summed E-state index contributed by atoms with van der Waals surface area (Å²) in [4.78, 5) is 23.4. The third kappa shape index (κ3) is 6.30. The second-order valence-electron chi connectivity index (χ2n) is 5.40. The van der Waals surface area contributed by atoms with Crippen molar-refractivity contribution < 1.29 is 31.7 Å². The van der Waals surface area contributed by atoms with Gasteiger partial charge >= 0.3 is 11.9 Å². The molecule has 0 aliphatic rings. The molecule has 0 aliphatic carbocycles. The van der Waals surface area contributed by atoms with Crippen LogP contribution in [0, 0.1) is 0 Å². The van der Waals surface area contributed by atoms with Gasteiger partial charge in [-0.3, -0.25) is 8.98 Å². The fourth-order valence-electron chi connectivity index (χ4n) is 2.08. The summed E-state index contributed by atoms with van der Waals surface area (Å²) >= 11 is 0. The number of benzene rings is 2. The molecule has 2 aromatic rings. The van der Waals surface area contributed by atoms with Crippen LogP contribution < -0.4 is 9.47 Å². The van der Waals surface area contributed by atoms with Gasteiger partial charge in [0.1, 0.15) is 17.1 Å². The van der Waals surface area contributed by atoms with Crippen molar-refractivity contribution in [1.29, 1.82) is 0 Å². The number of carbonyl (C=O) groups is 2. The largest absolute Gasteiger partial charge is 0.426 e. The van der Waals surface area contributed by atoms with Gasteiger partial charge in [0, 0.05) is 6.92 Å². The number of ether oxygens (including phenoxy) is 2. The number of hydrogen-bond acceptors (Lipinski definition) is 7. The predicted octanol–water partition coefficient (Wildman–Crippen LogP) is 2.35. The van der Waals surface area contributed by atoms with Crippen molar-refractivity contribution in [2.24, 2.45) is 0 Å². The molecule has 0 radical (unpaired) electrons. The van der Waals surface area contributed by atoms with E-state index in [2.05, 4.69) is 4.18 Å². The maximum atomic E-state index is 12.3. The molecule has 0 fully saturated rings. The minimum Gasteiger partial charge on any atom is -0.426 e. The Morgan fingerprint density at radius 2 is 1.62 bits per heavy atom. The highest BCUT2D eigenvalue weighted by molar-refractivity contribution is 7.85. The average molecular weight is 378 g/mol. The standard InChI is InChI=1S/C18H18O7S/c1-13(19)24-17-6-4-3-5-16(17)18(20)25-15-9-7-14(8-10-15)11-12-23-26(2,21)22/h3-10H,11-12H2,1-2H3. The number of para-hydroxylation sites is 1. The number of hydrogen-bond donors (Lipinski definition) is 0. The molecule has 2 rings (SSSR count). The van der Waals surface area contributed by atoms with Gasteiger partial charge < -0.3 is 9.47 Å². The van der Waals surface area contributed by atoms with E-state index in [9.17, 15) is 18.0 Å². The van der Waals surface area contributed by atoms with E-state index in [1.807, 2.05) is 0 Å². The first kappa shape index (κ1) is 19.6. The molecule has 0 bridgehead atoms. The van der Waals surface area contributed by atoms with Gasteiger partial charge in [0.2, 0.25) is 0 Å². The van der Waals surface area contributed by atoms with Crippen LogP contribution in [0.15, 0.2) is 48.5 Å². The lowest BCUT2D eigenvalue weighted by Crippen LogP contribution is -2.12. The third-order valence-electron chi connectivity index (χ3n) is 3.18. The number of esters is 2. The summed E-state index contributed by atoms with van der Waals surface area (Å²) in [5.41, 5.74) is 0.960. The van der Waals surface area contributed by atoms with Crippen LogP contribution in [0.4, 0.5) is 0 Å². The van der Waals surface area contributed by atoms with Gasteiger partial charge in [-0.1, -0.05) is 24.3 Å². The summed E-state index contributed by atoms with van der Waals surface area (Å²) in [6.07, 6.45) is 1.39. The minimum absolute atomic E-state index is 0.0354. The van der Waals surface area contributed by atoms with Crippen LogP contribution in [0.5, 0.6) is 11.5 Å². The first-order valence-corrected chi connectivity index (χ1v) is 9.49. The summed E-state index contributed by atoms with van der Waals surface area (Å²) in [6, 6.07) is 12.8. The second kappa shape index (κ2) is 8.59. The van der Waals surface area contributed by atoms with Gasteiger partial charge in [-0.25, -0.2) is 4.79 Å². The zero-order valence-electron chi connectivity index (χ0n) is 14.3. The highest BCUT2D eigenvalue weighted by Gasteiger charge is 2.15. The van der Waals surface area contributed by atoms with Crippen LogP contribution >= 0.6 is 0 Å². The Morgan fingerprint density at radius 1 is 0.962 bits per heavy atom. The van der Waals surface area contributed by atoms with Crippen molar-refractivity contribution in [1.82, 2.24) is 0 Å². The Morgan fingerprint density at radius 3 is 2.23 bits per heavy atom. The fraction of sp³-hybridized carbons (Fsp3) is 0.222. The molecular formula is C18H18O7S. The predicted molar refractivity (Wildman–Crippen MR) is 93.7 cm³/mol. The van der Waals surface area contributed by atoms with Crippen LogP contribution in [0.2, 0.25) is 0 Å². The minimum atomic E-state index is -3.47. The third-order valence-corrected chi connectivity index (χ3v) is 3.78. The Kier molecular flexibility index (Phi) is 6.48. The van der Waals surface area contributed by atoms with Crippen LogP contribution in [-0.2, 0) is 25.5 Å². The molecule has 7 nitrogen and oxygen atoms in total. The van der Waals surface area contributed by atoms with Gasteiger partial charge in [-0.15, -0.1) is 0 Å². The van der Waals surface area contributed by atoms with Gasteiger partial charge in [-0.2, -0.15) is 8.42 Å². The molecule has 0 aliphatic heterocycles.